The molecule has 0 unspecified atom stereocenters. The molecule has 3 aromatic heterocycles. The Hall–Kier alpha value is -0.550. The van der Waals surface area contributed by atoms with E-state index in [0.29, 0.717) is 5.25 Å². The van der Waals surface area contributed by atoms with Crippen molar-refractivity contribution in [3.8, 4) is 19.5 Å². The maximum absolute atomic E-state index is 2.25. The Kier molecular flexibility index (Phi) is 4.12. The molecule has 0 N–H and O–H groups in total. The molecule has 98 valence electrons. The van der Waals surface area contributed by atoms with Crippen LogP contribution in [0.4, 0.5) is 0 Å². The van der Waals surface area contributed by atoms with Crippen LogP contribution in [0.15, 0.2) is 46.0 Å². The van der Waals surface area contributed by atoms with Crippen LogP contribution in [-0.4, -0.2) is 5.25 Å². The van der Waals surface area contributed by atoms with Gasteiger partial charge in [0, 0.05) is 24.8 Å². The molecule has 4 heteroatoms. The first-order valence-corrected chi connectivity index (χ1v) is 9.52. The fourth-order valence-electron chi connectivity index (χ4n) is 1.77. The van der Waals surface area contributed by atoms with Crippen LogP contribution in [-0.2, 0) is 0 Å². The normalized spacial score (nSPS) is 11.3. The van der Waals surface area contributed by atoms with Crippen molar-refractivity contribution in [1.82, 2.24) is 0 Å². The van der Waals surface area contributed by atoms with Gasteiger partial charge in [-0.05, 0) is 35.7 Å². The van der Waals surface area contributed by atoms with Gasteiger partial charge in [-0.1, -0.05) is 19.9 Å². The molecule has 0 aliphatic rings. The van der Waals surface area contributed by atoms with E-state index < -0.39 is 0 Å². The zero-order chi connectivity index (χ0) is 13.2. The quantitative estimate of drug-likeness (QED) is 0.481. The molecule has 0 aliphatic heterocycles. The van der Waals surface area contributed by atoms with E-state index in [2.05, 4.69) is 55.6 Å². The second-order valence-corrected chi connectivity index (χ2v) is 9.42. The van der Waals surface area contributed by atoms with E-state index in [4.69, 9.17) is 0 Å². The van der Waals surface area contributed by atoms with Crippen LogP contribution in [0.2, 0.25) is 0 Å². The Morgan fingerprint density at radius 3 is 2.21 bits per heavy atom. The molecule has 0 amide bonds. The lowest BCUT2D eigenvalue weighted by molar-refractivity contribution is 1.11. The van der Waals surface area contributed by atoms with Gasteiger partial charge in [0.15, 0.2) is 0 Å². The lowest BCUT2D eigenvalue weighted by atomic mass is 10.3. The topological polar surface area (TPSA) is 0 Å². The molecule has 0 aliphatic carbocycles. The van der Waals surface area contributed by atoms with Gasteiger partial charge in [0.1, 0.15) is 0 Å². The average Bonchev–Trinajstić information content (AvgIpc) is 3.09. The Bertz CT molecular complexity index is 643. The Morgan fingerprint density at radius 2 is 1.53 bits per heavy atom. The van der Waals surface area contributed by atoms with Gasteiger partial charge in [-0.2, -0.15) is 0 Å². The SMILES string of the molecule is CC(C)Sc1ccc(-c2ccc(-c3cccs3)s2)s1. The Labute approximate surface area is 130 Å². The lowest BCUT2D eigenvalue weighted by Gasteiger charge is -1.99. The highest BCUT2D eigenvalue weighted by Crippen LogP contribution is 2.41. The molecule has 0 saturated heterocycles. The summed E-state index contributed by atoms with van der Waals surface area (Å²) in [6.07, 6.45) is 0. The monoisotopic (exact) mass is 322 g/mol. The third-order valence-corrected chi connectivity index (χ3v) is 7.15. The molecule has 0 spiro atoms. The smallest absolute Gasteiger partial charge is 0.0607 e. The second kappa shape index (κ2) is 5.83. The van der Waals surface area contributed by atoms with Gasteiger partial charge < -0.3 is 0 Å². The number of hydrogen-bond donors (Lipinski definition) is 0. The van der Waals surface area contributed by atoms with E-state index in [1.807, 2.05) is 45.8 Å². The van der Waals surface area contributed by atoms with E-state index in [1.165, 1.54) is 23.7 Å². The number of thiophene rings is 3. The first-order chi connectivity index (χ1) is 9.22. The molecule has 0 fully saturated rings. The summed E-state index contributed by atoms with van der Waals surface area (Å²) in [6.45, 7) is 4.48. The van der Waals surface area contributed by atoms with Gasteiger partial charge >= 0.3 is 0 Å². The van der Waals surface area contributed by atoms with Crippen molar-refractivity contribution in [3.05, 3.63) is 41.8 Å². The van der Waals surface area contributed by atoms with Crippen molar-refractivity contribution >= 4 is 45.8 Å². The van der Waals surface area contributed by atoms with Crippen LogP contribution < -0.4 is 0 Å². The first-order valence-electron chi connectivity index (χ1n) is 6.13. The zero-order valence-electron chi connectivity index (χ0n) is 10.8. The van der Waals surface area contributed by atoms with Crippen LogP contribution >= 0.6 is 45.8 Å². The van der Waals surface area contributed by atoms with E-state index in [0.717, 1.165) is 0 Å². The lowest BCUT2D eigenvalue weighted by Crippen LogP contribution is -1.81. The average molecular weight is 323 g/mol. The molecule has 0 atom stereocenters. The molecular weight excluding hydrogens is 308 g/mol. The third-order valence-electron chi connectivity index (χ3n) is 2.55. The highest BCUT2D eigenvalue weighted by molar-refractivity contribution is 8.01. The predicted octanol–water partition coefficient (Wildman–Crippen LogP) is 6.71. The highest BCUT2D eigenvalue weighted by atomic mass is 32.2. The molecule has 0 aromatic carbocycles. The standard InChI is InChI=1S/C15H14S4/c1-10(2)17-15-8-7-14(19-15)13-6-5-12(18-13)11-4-3-9-16-11/h3-10H,1-2H3. The minimum atomic E-state index is 0.650. The van der Waals surface area contributed by atoms with Crippen molar-refractivity contribution in [3.63, 3.8) is 0 Å². The molecule has 3 aromatic rings. The summed E-state index contributed by atoms with van der Waals surface area (Å²) >= 11 is 7.54. The summed E-state index contributed by atoms with van der Waals surface area (Å²) in [5, 5.41) is 2.79. The van der Waals surface area contributed by atoms with Gasteiger partial charge in [0.05, 0.1) is 4.21 Å². The molecule has 3 rings (SSSR count). The predicted molar refractivity (Wildman–Crippen MR) is 91.9 cm³/mol. The van der Waals surface area contributed by atoms with E-state index in [9.17, 15) is 0 Å². The van der Waals surface area contributed by atoms with Gasteiger partial charge in [-0.3, -0.25) is 0 Å². The third kappa shape index (κ3) is 3.14. The molecule has 0 saturated carbocycles. The van der Waals surface area contributed by atoms with Crippen molar-refractivity contribution in [1.29, 1.82) is 0 Å². The van der Waals surface area contributed by atoms with Gasteiger partial charge in [0.2, 0.25) is 0 Å². The summed E-state index contributed by atoms with van der Waals surface area (Å²) in [4.78, 5) is 5.50. The van der Waals surface area contributed by atoms with Gasteiger partial charge in [-0.25, -0.2) is 0 Å². The summed E-state index contributed by atoms with van der Waals surface area (Å²) in [7, 11) is 0. The fourth-order valence-corrected chi connectivity index (χ4v) is 6.09. The van der Waals surface area contributed by atoms with Crippen molar-refractivity contribution in [2.45, 2.75) is 23.3 Å². The van der Waals surface area contributed by atoms with Gasteiger partial charge in [-0.15, -0.1) is 45.8 Å². The molecule has 19 heavy (non-hydrogen) atoms. The molecule has 0 nitrogen and oxygen atoms in total. The van der Waals surface area contributed by atoms with E-state index in [-0.39, 0.29) is 0 Å². The van der Waals surface area contributed by atoms with Crippen LogP contribution in [0, 0.1) is 0 Å². The minimum Gasteiger partial charge on any atom is -0.143 e. The zero-order valence-corrected chi connectivity index (χ0v) is 14.0. The van der Waals surface area contributed by atoms with Crippen molar-refractivity contribution < 1.29 is 0 Å². The van der Waals surface area contributed by atoms with E-state index in [1.54, 1.807) is 0 Å². The maximum atomic E-state index is 2.25. The summed E-state index contributed by atoms with van der Waals surface area (Å²) < 4.78 is 1.41. The number of rotatable bonds is 4. The second-order valence-electron chi connectivity index (χ2n) is 4.43. The van der Waals surface area contributed by atoms with Crippen LogP contribution in [0.25, 0.3) is 19.5 Å². The fraction of sp³-hybridized carbons (Fsp3) is 0.200. The van der Waals surface area contributed by atoms with Crippen molar-refractivity contribution in [2.75, 3.05) is 0 Å². The maximum Gasteiger partial charge on any atom is 0.0607 e. The summed E-state index contributed by atoms with van der Waals surface area (Å²) in [5.41, 5.74) is 0. The molecule has 0 bridgehead atoms. The molecule has 3 heterocycles. The number of thioether (sulfide) groups is 1. The number of hydrogen-bond acceptors (Lipinski definition) is 4. The largest absolute Gasteiger partial charge is 0.143 e. The Morgan fingerprint density at radius 1 is 0.842 bits per heavy atom. The van der Waals surface area contributed by atoms with E-state index >= 15 is 0 Å². The highest BCUT2D eigenvalue weighted by Gasteiger charge is 2.09. The minimum absolute atomic E-state index is 0.650. The van der Waals surface area contributed by atoms with Crippen LogP contribution in [0.3, 0.4) is 0 Å². The molecular formula is C15H14S4. The summed E-state index contributed by atoms with van der Waals surface area (Å²) in [6, 6.07) is 13.3. The van der Waals surface area contributed by atoms with Gasteiger partial charge in [0.25, 0.3) is 0 Å². The van der Waals surface area contributed by atoms with Crippen LogP contribution in [0.5, 0.6) is 0 Å². The first kappa shape index (κ1) is 13.4. The van der Waals surface area contributed by atoms with Crippen molar-refractivity contribution in [2.24, 2.45) is 0 Å². The molecule has 0 radical (unpaired) electrons. The summed E-state index contributed by atoms with van der Waals surface area (Å²) in [5.74, 6) is 0. The van der Waals surface area contributed by atoms with Crippen LogP contribution in [0.1, 0.15) is 13.8 Å². The Balaban J connectivity index is 1.84.